The Morgan fingerprint density at radius 1 is 1.50 bits per heavy atom. The molecule has 0 aromatic carbocycles. The summed E-state index contributed by atoms with van der Waals surface area (Å²) in [5.41, 5.74) is 0. The van der Waals surface area contributed by atoms with E-state index in [-0.39, 0.29) is 0 Å². The van der Waals surface area contributed by atoms with Crippen LogP contribution in [-0.4, -0.2) is 33.4 Å². The molecule has 1 saturated heterocycles. The molecule has 0 aliphatic carbocycles. The number of thiocarbonyl (C=S) groups is 1. The summed E-state index contributed by atoms with van der Waals surface area (Å²) in [5.74, 6) is 1.63. The molecule has 0 aromatic rings. The van der Waals surface area contributed by atoms with Crippen LogP contribution in [0.5, 0.6) is 0 Å². The minimum atomic E-state index is -0.585. The van der Waals surface area contributed by atoms with Crippen LogP contribution in [0.3, 0.4) is 0 Å². The topological polar surface area (TPSA) is 41.1 Å². The van der Waals surface area contributed by atoms with Gasteiger partial charge in [-0.1, -0.05) is 6.92 Å². The van der Waals surface area contributed by atoms with Gasteiger partial charge in [0.2, 0.25) is 0 Å². The number of nitrogens with one attached hydrogen (secondary N) is 2. The van der Waals surface area contributed by atoms with E-state index in [1.54, 1.807) is 0 Å². The molecule has 1 aliphatic heterocycles. The molecule has 0 bridgehead atoms. The summed E-state index contributed by atoms with van der Waals surface area (Å²) in [5, 5.41) is 7.14. The van der Waals surface area contributed by atoms with Crippen molar-refractivity contribution in [1.82, 2.24) is 10.6 Å². The van der Waals surface area contributed by atoms with Crippen LogP contribution in [0.2, 0.25) is 0 Å². The fourth-order valence-electron chi connectivity index (χ4n) is 1.41. The molecule has 2 N–H and O–H groups in total. The van der Waals surface area contributed by atoms with Gasteiger partial charge < -0.3 is 10.6 Å². The fraction of sp³-hybridized carbons (Fsp3) is 0.889. The molecule has 0 radical (unpaired) electrons. The first-order chi connectivity index (χ1) is 6.72. The maximum absolute atomic E-state index is 11.1. The third-order valence-electron chi connectivity index (χ3n) is 2.26. The summed E-state index contributed by atoms with van der Waals surface area (Å²) in [7, 11) is -0.585. The number of hydrogen-bond donors (Lipinski definition) is 2. The van der Waals surface area contributed by atoms with Gasteiger partial charge in [-0.15, -0.1) is 0 Å². The van der Waals surface area contributed by atoms with Crippen LogP contribution in [-0.2, 0) is 10.8 Å². The van der Waals surface area contributed by atoms with Gasteiger partial charge in [0.25, 0.3) is 0 Å². The fourth-order valence-corrected chi connectivity index (χ4v) is 2.98. The Hall–Kier alpha value is -0.160. The minimum Gasteiger partial charge on any atom is -0.363 e. The van der Waals surface area contributed by atoms with Crippen molar-refractivity contribution in [2.75, 3.05) is 18.1 Å². The highest BCUT2D eigenvalue weighted by molar-refractivity contribution is 7.85. The van der Waals surface area contributed by atoms with E-state index in [0.717, 1.165) is 42.4 Å². The highest BCUT2D eigenvalue weighted by atomic mass is 32.2. The lowest BCUT2D eigenvalue weighted by Gasteiger charge is -2.24. The molecule has 1 fully saturated rings. The molecule has 82 valence electrons. The van der Waals surface area contributed by atoms with E-state index in [9.17, 15) is 4.21 Å². The normalized spacial score (nSPS) is 26.9. The van der Waals surface area contributed by atoms with E-state index in [4.69, 9.17) is 12.2 Å². The quantitative estimate of drug-likeness (QED) is 0.708. The van der Waals surface area contributed by atoms with Gasteiger partial charge in [-0.05, 0) is 31.5 Å². The lowest BCUT2D eigenvalue weighted by atomic mass is 10.2. The van der Waals surface area contributed by atoms with Gasteiger partial charge in [0.1, 0.15) is 0 Å². The van der Waals surface area contributed by atoms with Crippen molar-refractivity contribution < 1.29 is 4.21 Å². The minimum absolute atomic E-state index is 0.421. The Labute approximate surface area is 93.5 Å². The third kappa shape index (κ3) is 4.37. The Kier molecular flexibility index (Phi) is 5.40. The molecule has 1 aliphatic rings. The van der Waals surface area contributed by atoms with Crippen LogP contribution in [0.25, 0.3) is 0 Å². The number of hydrogen-bond acceptors (Lipinski definition) is 2. The summed E-state index contributed by atoms with van der Waals surface area (Å²) in [6.45, 7) is 3.03. The van der Waals surface area contributed by atoms with Crippen LogP contribution in [0.15, 0.2) is 0 Å². The molecular formula is C9H18N2OS2. The molecule has 0 atom stereocenters. The van der Waals surface area contributed by atoms with Gasteiger partial charge in [-0.3, -0.25) is 4.21 Å². The second-order valence-electron chi connectivity index (χ2n) is 3.52. The lowest BCUT2D eigenvalue weighted by molar-refractivity contribution is 0.546. The molecule has 0 aromatic heterocycles. The molecule has 1 heterocycles. The van der Waals surface area contributed by atoms with Gasteiger partial charge in [0.15, 0.2) is 5.11 Å². The van der Waals surface area contributed by atoms with Crippen molar-refractivity contribution in [2.24, 2.45) is 0 Å². The highest BCUT2D eigenvalue weighted by Gasteiger charge is 2.17. The monoisotopic (exact) mass is 234 g/mol. The zero-order valence-corrected chi connectivity index (χ0v) is 10.2. The summed E-state index contributed by atoms with van der Waals surface area (Å²) in [4.78, 5) is 0. The predicted molar refractivity (Wildman–Crippen MR) is 64.9 cm³/mol. The van der Waals surface area contributed by atoms with Crippen LogP contribution < -0.4 is 10.6 Å². The molecular weight excluding hydrogens is 216 g/mol. The van der Waals surface area contributed by atoms with E-state index in [0.29, 0.717) is 6.04 Å². The molecule has 0 saturated carbocycles. The van der Waals surface area contributed by atoms with Gasteiger partial charge in [-0.25, -0.2) is 0 Å². The van der Waals surface area contributed by atoms with E-state index >= 15 is 0 Å². The maximum Gasteiger partial charge on any atom is 0.166 e. The first-order valence-corrected chi connectivity index (χ1v) is 7.01. The smallest absolute Gasteiger partial charge is 0.166 e. The number of rotatable bonds is 3. The highest BCUT2D eigenvalue weighted by Crippen LogP contribution is 2.08. The molecule has 14 heavy (non-hydrogen) atoms. The first kappa shape index (κ1) is 11.9. The SMILES string of the molecule is CCCNC(=S)NC1CCS(=O)CC1. The molecule has 1 rings (SSSR count). The van der Waals surface area contributed by atoms with E-state index in [1.807, 2.05) is 0 Å². The van der Waals surface area contributed by atoms with Crippen molar-refractivity contribution in [2.45, 2.75) is 32.2 Å². The van der Waals surface area contributed by atoms with Gasteiger partial charge in [0.05, 0.1) is 0 Å². The summed E-state index contributed by atoms with van der Waals surface area (Å²) in [6.07, 6.45) is 3.03. The summed E-state index contributed by atoms with van der Waals surface area (Å²) in [6, 6.07) is 0.421. The second-order valence-corrected chi connectivity index (χ2v) is 5.63. The van der Waals surface area contributed by atoms with Crippen LogP contribution in [0, 0.1) is 0 Å². The maximum atomic E-state index is 11.1. The molecule has 0 unspecified atom stereocenters. The molecule has 0 amide bonds. The van der Waals surface area contributed by atoms with Gasteiger partial charge in [-0.2, -0.15) is 0 Å². The van der Waals surface area contributed by atoms with Crippen LogP contribution >= 0.6 is 12.2 Å². The zero-order chi connectivity index (χ0) is 10.4. The van der Waals surface area contributed by atoms with Crippen molar-refractivity contribution in [3.63, 3.8) is 0 Å². The van der Waals surface area contributed by atoms with Crippen molar-refractivity contribution in [3.05, 3.63) is 0 Å². The summed E-state index contributed by atoms with van der Waals surface area (Å²) >= 11 is 5.13. The largest absolute Gasteiger partial charge is 0.363 e. The lowest BCUT2D eigenvalue weighted by Crippen LogP contribution is -2.44. The van der Waals surface area contributed by atoms with Crippen LogP contribution in [0.1, 0.15) is 26.2 Å². The predicted octanol–water partition coefficient (Wildman–Crippen LogP) is 0.772. The molecule has 5 heteroatoms. The molecule has 3 nitrogen and oxygen atoms in total. The van der Waals surface area contributed by atoms with E-state index in [1.165, 1.54) is 0 Å². The first-order valence-electron chi connectivity index (χ1n) is 5.11. The molecule has 0 spiro atoms. The van der Waals surface area contributed by atoms with Crippen molar-refractivity contribution in [1.29, 1.82) is 0 Å². The van der Waals surface area contributed by atoms with E-state index in [2.05, 4.69) is 17.6 Å². The third-order valence-corrected chi connectivity index (χ3v) is 3.90. The Bertz CT molecular complexity index is 211. The average Bonchev–Trinajstić information content (AvgIpc) is 2.18. The Balaban J connectivity index is 2.17. The summed E-state index contributed by atoms with van der Waals surface area (Å²) < 4.78 is 11.1. The zero-order valence-electron chi connectivity index (χ0n) is 8.54. The Morgan fingerprint density at radius 3 is 2.71 bits per heavy atom. The average molecular weight is 234 g/mol. The van der Waals surface area contributed by atoms with Crippen molar-refractivity contribution in [3.8, 4) is 0 Å². The standard InChI is InChI=1S/C9H18N2OS2/c1-2-5-10-9(13)11-8-3-6-14(12)7-4-8/h8H,2-7H2,1H3,(H2,10,11,13). The van der Waals surface area contributed by atoms with Crippen LogP contribution in [0.4, 0.5) is 0 Å². The van der Waals surface area contributed by atoms with Crippen molar-refractivity contribution >= 4 is 28.1 Å². The van der Waals surface area contributed by atoms with E-state index < -0.39 is 10.8 Å². The second kappa shape index (κ2) is 6.35. The van der Waals surface area contributed by atoms with Gasteiger partial charge >= 0.3 is 0 Å². The Morgan fingerprint density at radius 2 is 2.14 bits per heavy atom. The van der Waals surface area contributed by atoms with Gasteiger partial charge in [0, 0.05) is 34.9 Å².